The van der Waals surface area contributed by atoms with Gasteiger partial charge in [0.1, 0.15) is 4.90 Å². The Kier molecular flexibility index (Phi) is 4.84. The molecule has 3 rings (SSSR count). The molecule has 1 aromatic carbocycles. The highest BCUT2D eigenvalue weighted by molar-refractivity contribution is 7.89. The number of aryl methyl sites for hydroxylation is 1. The number of para-hydroxylation sites is 1. The van der Waals surface area contributed by atoms with Crippen LogP contribution in [-0.4, -0.2) is 51.5 Å². The molecule has 1 unspecified atom stereocenters. The zero-order chi connectivity index (χ0) is 18.2. The summed E-state index contributed by atoms with van der Waals surface area (Å²) in [6.45, 7) is 2.47. The topological polar surface area (TPSA) is 96.4 Å². The number of hydrogen-bond donors (Lipinski definition) is 1. The number of aromatic nitrogens is 1. The Balaban J connectivity index is 1.90. The van der Waals surface area contributed by atoms with E-state index < -0.39 is 26.1 Å². The van der Waals surface area contributed by atoms with Gasteiger partial charge in [-0.3, -0.25) is 4.98 Å². The highest BCUT2D eigenvalue weighted by atomic mass is 32.2. The normalized spacial score (nSPS) is 20.0. The Morgan fingerprint density at radius 1 is 1.24 bits per heavy atom. The summed E-state index contributed by atoms with van der Waals surface area (Å²) < 4.78 is 53.1. The average Bonchev–Trinajstić information content (AvgIpc) is 2.53. The van der Waals surface area contributed by atoms with Gasteiger partial charge >= 0.3 is 0 Å². The van der Waals surface area contributed by atoms with Gasteiger partial charge < -0.3 is 0 Å². The fourth-order valence-electron chi connectivity index (χ4n) is 3.08. The predicted molar refractivity (Wildman–Crippen MR) is 96.2 cm³/mol. The third-order valence-corrected chi connectivity index (χ3v) is 7.10. The number of piperidine rings is 1. The fraction of sp³-hybridized carbons (Fsp3) is 0.438. The van der Waals surface area contributed by atoms with Gasteiger partial charge in [0.05, 0.1) is 11.8 Å². The fourth-order valence-corrected chi connectivity index (χ4v) is 5.43. The summed E-state index contributed by atoms with van der Waals surface area (Å²) in [4.78, 5) is 4.38. The van der Waals surface area contributed by atoms with Crippen LogP contribution >= 0.6 is 0 Å². The quantitative estimate of drug-likeness (QED) is 0.857. The Labute approximate surface area is 148 Å². The van der Waals surface area contributed by atoms with E-state index >= 15 is 0 Å². The van der Waals surface area contributed by atoms with Crippen LogP contribution in [0.1, 0.15) is 18.4 Å². The SMILES string of the molecule is Cc1cnc2c(S(=O)(=O)NC3CCCN(S(C)(=O)=O)C3)cccc2c1. The molecule has 2 aromatic rings. The largest absolute Gasteiger partial charge is 0.255 e. The molecule has 1 fully saturated rings. The molecule has 25 heavy (non-hydrogen) atoms. The Hall–Kier alpha value is -1.55. The maximum atomic E-state index is 12.8. The van der Waals surface area contributed by atoms with Crippen LogP contribution in [0.5, 0.6) is 0 Å². The van der Waals surface area contributed by atoms with Crippen LogP contribution in [0.3, 0.4) is 0 Å². The summed E-state index contributed by atoms with van der Waals surface area (Å²) in [5.41, 5.74) is 1.36. The highest BCUT2D eigenvalue weighted by Gasteiger charge is 2.30. The van der Waals surface area contributed by atoms with E-state index in [9.17, 15) is 16.8 Å². The molecule has 1 aromatic heterocycles. The van der Waals surface area contributed by atoms with Crippen LogP contribution in [0.2, 0.25) is 0 Å². The summed E-state index contributed by atoms with van der Waals surface area (Å²) in [7, 11) is -7.13. The van der Waals surface area contributed by atoms with Gasteiger partial charge in [-0.05, 0) is 37.5 Å². The second kappa shape index (κ2) is 6.64. The molecule has 136 valence electrons. The minimum absolute atomic E-state index is 0.112. The van der Waals surface area contributed by atoms with E-state index in [1.54, 1.807) is 12.3 Å². The molecule has 2 heterocycles. The maximum absolute atomic E-state index is 12.8. The van der Waals surface area contributed by atoms with E-state index in [4.69, 9.17) is 0 Å². The molecule has 0 saturated carbocycles. The van der Waals surface area contributed by atoms with Crippen molar-refractivity contribution in [3.8, 4) is 0 Å². The van der Waals surface area contributed by atoms with Gasteiger partial charge in [-0.2, -0.15) is 0 Å². The molecule has 1 atom stereocenters. The third kappa shape index (κ3) is 4.00. The molecule has 7 nitrogen and oxygen atoms in total. The maximum Gasteiger partial charge on any atom is 0.243 e. The number of nitrogens with zero attached hydrogens (tertiary/aromatic N) is 2. The van der Waals surface area contributed by atoms with Gasteiger partial charge in [0, 0.05) is 30.7 Å². The van der Waals surface area contributed by atoms with Crippen molar-refractivity contribution in [3.05, 3.63) is 36.0 Å². The van der Waals surface area contributed by atoms with Crippen molar-refractivity contribution in [2.24, 2.45) is 0 Å². The minimum Gasteiger partial charge on any atom is -0.255 e. The van der Waals surface area contributed by atoms with Crippen molar-refractivity contribution >= 4 is 30.9 Å². The monoisotopic (exact) mass is 383 g/mol. The lowest BCUT2D eigenvalue weighted by atomic mass is 10.1. The second-order valence-electron chi connectivity index (χ2n) is 6.42. The molecule has 1 aliphatic heterocycles. The molecule has 0 bridgehead atoms. The summed E-state index contributed by atoms with van der Waals surface area (Å²) in [6, 6.07) is 6.45. The lowest BCUT2D eigenvalue weighted by molar-refractivity contribution is 0.305. The average molecular weight is 383 g/mol. The number of benzene rings is 1. The first-order valence-corrected chi connectivity index (χ1v) is 11.3. The van der Waals surface area contributed by atoms with Gasteiger partial charge in [-0.25, -0.2) is 25.9 Å². The lowest BCUT2D eigenvalue weighted by Crippen LogP contribution is -2.49. The first kappa shape index (κ1) is 18.2. The molecule has 1 N–H and O–H groups in total. The minimum atomic E-state index is -3.80. The Morgan fingerprint density at radius 2 is 2.00 bits per heavy atom. The highest BCUT2D eigenvalue weighted by Crippen LogP contribution is 2.23. The van der Waals surface area contributed by atoms with Crippen molar-refractivity contribution < 1.29 is 16.8 Å². The predicted octanol–water partition coefficient (Wildman–Crippen LogP) is 1.25. The van der Waals surface area contributed by atoms with E-state index in [2.05, 4.69) is 9.71 Å². The molecular formula is C16H21N3O4S2. The Morgan fingerprint density at radius 3 is 2.72 bits per heavy atom. The molecule has 0 amide bonds. The lowest BCUT2D eigenvalue weighted by Gasteiger charge is -2.31. The molecular weight excluding hydrogens is 362 g/mol. The van der Waals surface area contributed by atoms with Crippen LogP contribution in [0.4, 0.5) is 0 Å². The molecule has 1 aliphatic rings. The summed E-state index contributed by atoms with van der Waals surface area (Å²) in [5.74, 6) is 0. The van der Waals surface area contributed by atoms with Gasteiger partial charge in [0.15, 0.2) is 0 Å². The Bertz CT molecular complexity index is 1000. The first-order valence-electron chi connectivity index (χ1n) is 8.00. The van der Waals surface area contributed by atoms with Crippen LogP contribution < -0.4 is 4.72 Å². The molecule has 0 radical (unpaired) electrons. The third-order valence-electron chi connectivity index (χ3n) is 4.28. The van der Waals surface area contributed by atoms with E-state index in [-0.39, 0.29) is 11.4 Å². The van der Waals surface area contributed by atoms with Crippen LogP contribution in [0.25, 0.3) is 10.9 Å². The standard InChI is InChI=1S/C16H21N3O4S2/c1-12-9-13-5-3-7-15(16(13)17-10-12)25(22,23)18-14-6-4-8-19(11-14)24(2,20)21/h3,5,7,9-10,14,18H,4,6,8,11H2,1-2H3. The number of fused-ring (bicyclic) bond motifs is 1. The molecule has 0 aliphatic carbocycles. The van der Waals surface area contributed by atoms with Gasteiger partial charge in [0.25, 0.3) is 0 Å². The molecule has 0 spiro atoms. The summed E-state index contributed by atoms with van der Waals surface area (Å²) in [5, 5.41) is 0.754. The van der Waals surface area contributed by atoms with E-state index in [0.29, 0.717) is 24.9 Å². The van der Waals surface area contributed by atoms with Crippen molar-refractivity contribution in [2.75, 3.05) is 19.3 Å². The zero-order valence-corrected chi connectivity index (χ0v) is 15.8. The molecule has 9 heteroatoms. The van der Waals surface area contributed by atoms with Gasteiger partial charge in [-0.1, -0.05) is 12.1 Å². The summed E-state index contributed by atoms with van der Waals surface area (Å²) in [6.07, 6.45) is 3.99. The van der Waals surface area contributed by atoms with Gasteiger partial charge in [-0.15, -0.1) is 0 Å². The van der Waals surface area contributed by atoms with E-state index in [0.717, 1.165) is 17.2 Å². The smallest absolute Gasteiger partial charge is 0.243 e. The second-order valence-corrected chi connectivity index (χ2v) is 10.1. The van der Waals surface area contributed by atoms with Crippen molar-refractivity contribution in [1.82, 2.24) is 14.0 Å². The number of rotatable bonds is 4. The zero-order valence-electron chi connectivity index (χ0n) is 14.1. The number of hydrogen-bond acceptors (Lipinski definition) is 5. The van der Waals surface area contributed by atoms with Crippen LogP contribution in [0, 0.1) is 6.92 Å². The van der Waals surface area contributed by atoms with Gasteiger partial charge in [0.2, 0.25) is 20.0 Å². The van der Waals surface area contributed by atoms with Crippen molar-refractivity contribution in [3.63, 3.8) is 0 Å². The van der Waals surface area contributed by atoms with E-state index in [1.165, 1.54) is 10.4 Å². The number of sulfonamides is 2. The van der Waals surface area contributed by atoms with Crippen molar-refractivity contribution in [2.45, 2.75) is 30.7 Å². The first-order chi connectivity index (χ1) is 11.7. The molecule has 1 saturated heterocycles. The van der Waals surface area contributed by atoms with Crippen LogP contribution in [-0.2, 0) is 20.0 Å². The number of nitrogens with one attached hydrogen (secondary N) is 1. The van der Waals surface area contributed by atoms with Crippen molar-refractivity contribution in [1.29, 1.82) is 0 Å². The van der Waals surface area contributed by atoms with E-state index in [1.807, 2.05) is 19.1 Å². The number of pyridine rings is 1. The van der Waals surface area contributed by atoms with Crippen LogP contribution in [0.15, 0.2) is 35.4 Å². The summed E-state index contributed by atoms with van der Waals surface area (Å²) >= 11 is 0.